The minimum absolute atomic E-state index is 0.0659. The third kappa shape index (κ3) is 4.54. The van der Waals surface area contributed by atoms with Crippen LogP contribution in [0.5, 0.6) is 5.75 Å². The first-order valence-corrected chi connectivity index (χ1v) is 8.72. The average molecular weight is 369 g/mol. The van der Waals surface area contributed by atoms with E-state index in [2.05, 4.69) is 5.32 Å². The quantitative estimate of drug-likeness (QED) is 0.692. The van der Waals surface area contributed by atoms with Crippen LogP contribution in [0.1, 0.15) is 5.56 Å². The Morgan fingerprint density at radius 3 is 2.62 bits per heavy atom. The number of nitrogens with one attached hydrogen (secondary N) is 1. The maximum Gasteiger partial charge on any atom is 0.238 e. The number of rotatable bonds is 6. The number of benzene rings is 3. The Balaban J connectivity index is 1.62. The van der Waals surface area contributed by atoms with Crippen molar-refractivity contribution in [1.82, 2.24) is 4.90 Å². The summed E-state index contributed by atoms with van der Waals surface area (Å²) in [4.78, 5) is 14.3. The number of ether oxygens (including phenoxy) is 1. The number of fused-ring (bicyclic) bond motifs is 1. The third-order valence-electron chi connectivity index (χ3n) is 4.13. The van der Waals surface area contributed by atoms with Gasteiger partial charge < -0.3 is 10.1 Å². The standard InChI is InChI=1S/C21H21ClN2O2/c1-24(13-17-11-18(22)8-10-20(17)26-2)14-21(25)23-19-9-7-15-5-3-4-6-16(15)12-19/h3-12H,13-14H2,1-2H3,(H,23,25). The van der Waals surface area contributed by atoms with Crippen molar-refractivity contribution in [3.05, 3.63) is 71.2 Å². The van der Waals surface area contributed by atoms with E-state index in [1.165, 1.54) is 0 Å². The topological polar surface area (TPSA) is 41.6 Å². The Hall–Kier alpha value is -2.56. The summed E-state index contributed by atoms with van der Waals surface area (Å²) in [7, 11) is 3.51. The van der Waals surface area contributed by atoms with Crippen LogP contribution in [0.15, 0.2) is 60.7 Å². The van der Waals surface area contributed by atoms with Crippen LogP contribution in [0.2, 0.25) is 5.02 Å². The monoisotopic (exact) mass is 368 g/mol. The molecule has 3 aromatic carbocycles. The summed E-state index contributed by atoms with van der Waals surface area (Å²) < 4.78 is 5.36. The maximum absolute atomic E-state index is 12.4. The van der Waals surface area contributed by atoms with Crippen LogP contribution >= 0.6 is 11.6 Å². The number of likely N-dealkylation sites (N-methyl/N-ethyl adjacent to an activating group) is 1. The van der Waals surface area contributed by atoms with Gasteiger partial charge in [0.05, 0.1) is 13.7 Å². The second-order valence-electron chi connectivity index (χ2n) is 6.24. The van der Waals surface area contributed by atoms with Crippen molar-refractivity contribution >= 4 is 34.0 Å². The summed E-state index contributed by atoms with van der Waals surface area (Å²) in [6.45, 7) is 0.831. The molecule has 0 saturated heterocycles. The van der Waals surface area contributed by atoms with E-state index in [0.717, 1.165) is 27.8 Å². The molecular formula is C21H21ClN2O2. The van der Waals surface area contributed by atoms with Crippen LogP contribution in [0, 0.1) is 0 Å². The molecule has 0 aliphatic rings. The van der Waals surface area contributed by atoms with Crippen molar-refractivity contribution < 1.29 is 9.53 Å². The summed E-state index contributed by atoms with van der Waals surface area (Å²) in [6, 6.07) is 19.4. The molecule has 3 aromatic rings. The number of methoxy groups -OCH3 is 1. The van der Waals surface area contributed by atoms with Crippen molar-refractivity contribution in [2.24, 2.45) is 0 Å². The van der Waals surface area contributed by atoms with Gasteiger partial charge in [-0.3, -0.25) is 9.69 Å². The fraction of sp³-hybridized carbons (Fsp3) is 0.190. The molecular weight excluding hydrogens is 348 g/mol. The van der Waals surface area contributed by atoms with Crippen molar-refractivity contribution in [2.45, 2.75) is 6.54 Å². The van der Waals surface area contributed by atoms with Crippen LogP contribution in [-0.2, 0) is 11.3 Å². The molecule has 5 heteroatoms. The fourth-order valence-electron chi connectivity index (χ4n) is 2.93. The first kappa shape index (κ1) is 18.2. The van der Waals surface area contributed by atoms with Gasteiger partial charge in [-0.05, 0) is 48.2 Å². The molecule has 0 aromatic heterocycles. The summed E-state index contributed by atoms with van der Waals surface area (Å²) in [5.74, 6) is 0.694. The molecule has 0 fully saturated rings. The molecule has 0 bridgehead atoms. The zero-order valence-electron chi connectivity index (χ0n) is 14.8. The van der Waals surface area contributed by atoms with Crippen LogP contribution in [-0.4, -0.2) is 31.5 Å². The van der Waals surface area contributed by atoms with Crippen LogP contribution < -0.4 is 10.1 Å². The fourth-order valence-corrected chi connectivity index (χ4v) is 3.12. The van der Waals surface area contributed by atoms with Crippen molar-refractivity contribution in [2.75, 3.05) is 26.0 Å². The van der Waals surface area contributed by atoms with Gasteiger partial charge in [-0.1, -0.05) is 41.9 Å². The Morgan fingerprint density at radius 2 is 1.85 bits per heavy atom. The Bertz CT molecular complexity index is 927. The van der Waals surface area contributed by atoms with Gasteiger partial charge in [0.1, 0.15) is 5.75 Å². The summed E-state index contributed by atoms with van der Waals surface area (Å²) in [6.07, 6.45) is 0. The van der Waals surface area contributed by atoms with E-state index in [-0.39, 0.29) is 12.5 Å². The molecule has 0 radical (unpaired) electrons. The van der Waals surface area contributed by atoms with Crippen molar-refractivity contribution in [1.29, 1.82) is 0 Å². The average Bonchev–Trinajstić information content (AvgIpc) is 2.61. The molecule has 0 heterocycles. The van der Waals surface area contributed by atoms with Gasteiger partial charge in [0.25, 0.3) is 0 Å². The Labute approximate surface area is 158 Å². The first-order chi connectivity index (χ1) is 12.5. The van der Waals surface area contributed by atoms with Crippen LogP contribution in [0.25, 0.3) is 10.8 Å². The summed E-state index contributed by atoms with van der Waals surface area (Å²) >= 11 is 6.06. The van der Waals surface area contributed by atoms with E-state index in [1.807, 2.05) is 66.5 Å². The predicted octanol–water partition coefficient (Wildman–Crippen LogP) is 4.57. The molecule has 1 amide bonds. The van der Waals surface area contributed by atoms with E-state index < -0.39 is 0 Å². The highest BCUT2D eigenvalue weighted by Gasteiger charge is 2.11. The van der Waals surface area contributed by atoms with E-state index in [0.29, 0.717) is 11.6 Å². The molecule has 4 nitrogen and oxygen atoms in total. The van der Waals surface area contributed by atoms with Gasteiger partial charge in [0, 0.05) is 22.8 Å². The van der Waals surface area contributed by atoms with Crippen molar-refractivity contribution in [3.63, 3.8) is 0 Å². The number of anilines is 1. The second kappa shape index (κ2) is 8.21. The smallest absolute Gasteiger partial charge is 0.238 e. The number of hydrogen-bond acceptors (Lipinski definition) is 3. The number of hydrogen-bond donors (Lipinski definition) is 1. The minimum atomic E-state index is -0.0659. The lowest BCUT2D eigenvalue weighted by Crippen LogP contribution is -2.30. The molecule has 0 atom stereocenters. The Morgan fingerprint density at radius 1 is 1.08 bits per heavy atom. The number of amides is 1. The highest BCUT2D eigenvalue weighted by molar-refractivity contribution is 6.30. The minimum Gasteiger partial charge on any atom is -0.496 e. The third-order valence-corrected chi connectivity index (χ3v) is 4.36. The highest BCUT2D eigenvalue weighted by Crippen LogP contribution is 2.24. The van der Waals surface area contributed by atoms with Crippen LogP contribution in [0.4, 0.5) is 5.69 Å². The molecule has 134 valence electrons. The second-order valence-corrected chi connectivity index (χ2v) is 6.68. The molecule has 0 saturated carbocycles. The van der Waals surface area contributed by atoms with Gasteiger partial charge in [-0.2, -0.15) is 0 Å². The zero-order chi connectivity index (χ0) is 18.5. The van der Waals surface area contributed by atoms with Gasteiger partial charge >= 0.3 is 0 Å². The van der Waals surface area contributed by atoms with E-state index in [4.69, 9.17) is 16.3 Å². The number of halogens is 1. The van der Waals surface area contributed by atoms with E-state index in [9.17, 15) is 4.79 Å². The molecule has 0 aliphatic carbocycles. The molecule has 3 rings (SSSR count). The van der Waals surface area contributed by atoms with Gasteiger partial charge in [0.15, 0.2) is 0 Å². The molecule has 0 spiro atoms. The number of carbonyl (C=O) groups excluding carboxylic acids is 1. The predicted molar refractivity (Wildman–Crippen MR) is 107 cm³/mol. The largest absolute Gasteiger partial charge is 0.496 e. The zero-order valence-corrected chi connectivity index (χ0v) is 15.6. The summed E-state index contributed by atoms with van der Waals surface area (Å²) in [5, 5.41) is 5.85. The number of carbonyl (C=O) groups is 1. The molecule has 0 unspecified atom stereocenters. The van der Waals surface area contributed by atoms with Gasteiger partial charge in [-0.15, -0.1) is 0 Å². The van der Waals surface area contributed by atoms with Crippen LogP contribution in [0.3, 0.4) is 0 Å². The van der Waals surface area contributed by atoms with Gasteiger partial charge in [0.2, 0.25) is 5.91 Å². The normalized spacial score (nSPS) is 10.9. The SMILES string of the molecule is COc1ccc(Cl)cc1CN(C)CC(=O)Nc1ccc2ccccc2c1. The highest BCUT2D eigenvalue weighted by atomic mass is 35.5. The number of nitrogens with zero attached hydrogens (tertiary/aromatic N) is 1. The van der Waals surface area contributed by atoms with E-state index in [1.54, 1.807) is 13.2 Å². The lowest BCUT2D eigenvalue weighted by atomic mass is 10.1. The first-order valence-electron chi connectivity index (χ1n) is 8.35. The van der Waals surface area contributed by atoms with Crippen molar-refractivity contribution in [3.8, 4) is 5.75 Å². The molecule has 0 aliphatic heterocycles. The van der Waals surface area contributed by atoms with Gasteiger partial charge in [-0.25, -0.2) is 0 Å². The maximum atomic E-state index is 12.4. The molecule has 1 N–H and O–H groups in total. The molecule has 26 heavy (non-hydrogen) atoms. The lowest BCUT2D eigenvalue weighted by molar-refractivity contribution is -0.117. The summed E-state index contributed by atoms with van der Waals surface area (Å²) in [5.41, 5.74) is 1.74. The van der Waals surface area contributed by atoms with E-state index >= 15 is 0 Å². The Kier molecular flexibility index (Phi) is 5.76. The lowest BCUT2D eigenvalue weighted by Gasteiger charge is -2.18.